The molecule has 146 valence electrons. The zero-order valence-electron chi connectivity index (χ0n) is 15.6. The van der Waals surface area contributed by atoms with Gasteiger partial charge in [0.15, 0.2) is 17.3 Å². The third-order valence-electron chi connectivity index (χ3n) is 4.14. The number of benzene rings is 1. The van der Waals surface area contributed by atoms with Crippen molar-refractivity contribution in [2.24, 2.45) is 0 Å². The molecule has 3 aromatic rings. The lowest BCUT2D eigenvalue weighted by Crippen LogP contribution is -2.32. The summed E-state index contributed by atoms with van der Waals surface area (Å²) in [6, 6.07) is 11.7. The van der Waals surface area contributed by atoms with Crippen molar-refractivity contribution in [3.8, 4) is 11.5 Å². The van der Waals surface area contributed by atoms with E-state index in [-0.39, 0.29) is 23.5 Å². The van der Waals surface area contributed by atoms with Gasteiger partial charge in [-0.2, -0.15) is 0 Å². The molecule has 28 heavy (non-hydrogen) atoms. The quantitative estimate of drug-likeness (QED) is 0.469. The minimum absolute atomic E-state index is 0.0416. The molecule has 0 bridgehead atoms. The van der Waals surface area contributed by atoms with E-state index >= 15 is 0 Å². The molecular weight excluding hydrogens is 362 g/mol. The number of esters is 1. The van der Waals surface area contributed by atoms with E-state index in [1.165, 1.54) is 25.7 Å². The molecule has 7 heteroatoms. The van der Waals surface area contributed by atoms with Gasteiger partial charge in [-0.3, -0.25) is 4.79 Å². The number of amides is 1. The first kappa shape index (κ1) is 19.3. The summed E-state index contributed by atoms with van der Waals surface area (Å²) in [6.07, 6.45) is 4.30. The molecular formula is C21H21NO6. The van der Waals surface area contributed by atoms with Crippen LogP contribution in [-0.4, -0.2) is 25.0 Å². The molecule has 0 aliphatic rings. The average molecular weight is 383 g/mol. The van der Waals surface area contributed by atoms with Crippen LogP contribution in [-0.2, 0) is 6.42 Å². The van der Waals surface area contributed by atoms with Crippen LogP contribution in [0.15, 0.2) is 63.8 Å². The number of aryl methyl sites for hydroxylation is 1. The van der Waals surface area contributed by atoms with Crippen molar-refractivity contribution in [3.63, 3.8) is 0 Å². The minimum atomic E-state index is -0.592. The first-order valence-corrected chi connectivity index (χ1v) is 8.84. The number of carbonyl (C=O) groups is 2. The van der Waals surface area contributed by atoms with Crippen LogP contribution in [0.4, 0.5) is 0 Å². The molecule has 0 saturated heterocycles. The Bertz CT molecular complexity index is 915. The number of rotatable bonds is 8. The number of ether oxygens (including phenoxy) is 2. The van der Waals surface area contributed by atoms with Gasteiger partial charge >= 0.3 is 5.97 Å². The van der Waals surface area contributed by atoms with Gasteiger partial charge in [0.25, 0.3) is 5.91 Å². The second kappa shape index (κ2) is 8.94. The lowest BCUT2D eigenvalue weighted by molar-refractivity contribution is 0.0696. The number of carbonyl (C=O) groups excluding carboxylic acids is 2. The van der Waals surface area contributed by atoms with Gasteiger partial charge in [-0.1, -0.05) is 6.07 Å². The Morgan fingerprint density at radius 3 is 2.39 bits per heavy atom. The largest absolute Gasteiger partial charge is 0.493 e. The Morgan fingerprint density at radius 2 is 1.75 bits per heavy atom. The highest BCUT2D eigenvalue weighted by molar-refractivity contribution is 5.91. The molecule has 0 saturated carbocycles. The van der Waals surface area contributed by atoms with Crippen LogP contribution in [0.25, 0.3) is 0 Å². The molecule has 1 N–H and O–H groups in total. The van der Waals surface area contributed by atoms with Gasteiger partial charge in [0.05, 0.1) is 19.6 Å². The SMILES string of the molecule is COc1cc(CC[C@@H](C)NC(=O)c2ccco2)ccc1OC(=O)c1ccco1. The summed E-state index contributed by atoms with van der Waals surface area (Å²) in [6.45, 7) is 1.93. The number of hydrogen-bond donors (Lipinski definition) is 1. The Balaban J connectivity index is 1.57. The number of methoxy groups -OCH3 is 1. The molecule has 0 aliphatic heterocycles. The van der Waals surface area contributed by atoms with Crippen LogP contribution >= 0.6 is 0 Å². The molecule has 2 heterocycles. The molecule has 0 radical (unpaired) electrons. The molecule has 1 amide bonds. The van der Waals surface area contributed by atoms with Crippen LogP contribution in [0, 0.1) is 0 Å². The zero-order valence-corrected chi connectivity index (χ0v) is 15.6. The highest BCUT2D eigenvalue weighted by Crippen LogP contribution is 2.29. The fourth-order valence-electron chi connectivity index (χ4n) is 2.65. The first-order chi connectivity index (χ1) is 13.6. The number of furan rings is 2. The van der Waals surface area contributed by atoms with E-state index in [4.69, 9.17) is 18.3 Å². The summed E-state index contributed by atoms with van der Waals surface area (Å²) in [5.74, 6) is 0.334. The summed E-state index contributed by atoms with van der Waals surface area (Å²) in [5, 5.41) is 2.89. The maximum atomic E-state index is 12.0. The van der Waals surface area contributed by atoms with Gasteiger partial charge in [0.2, 0.25) is 5.76 Å². The molecule has 0 spiro atoms. The van der Waals surface area contributed by atoms with Crippen molar-refractivity contribution in [3.05, 3.63) is 72.1 Å². The van der Waals surface area contributed by atoms with Crippen molar-refractivity contribution in [1.29, 1.82) is 0 Å². The van der Waals surface area contributed by atoms with Crippen molar-refractivity contribution in [2.45, 2.75) is 25.8 Å². The van der Waals surface area contributed by atoms with Gasteiger partial charge in [0, 0.05) is 6.04 Å². The second-order valence-corrected chi connectivity index (χ2v) is 6.24. The van der Waals surface area contributed by atoms with Crippen LogP contribution in [0.3, 0.4) is 0 Å². The second-order valence-electron chi connectivity index (χ2n) is 6.24. The van der Waals surface area contributed by atoms with E-state index in [9.17, 15) is 9.59 Å². The highest BCUT2D eigenvalue weighted by atomic mass is 16.6. The standard InChI is InChI=1S/C21H21NO6/c1-14(22-20(23)17-5-3-11-26-17)7-8-15-9-10-16(19(13-15)25-2)28-21(24)18-6-4-12-27-18/h3-6,9-14H,7-8H2,1-2H3,(H,22,23)/t14-/m1/s1. The zero-order chi connectivity index (χ0) is 19.9. The topological polar surface area (TPSA) is 90.9 Å². The normalized spacial score (nSPS) is 11.6. The van der Waals surface area contributed by atoms with Gasteiger partial charge in [0.1, 0.15) is 0 Å². The fourth-order valence-corrected chi connectivity index (χ4v) is 2.65. The Kier molecular flexibility index (Phi) is 6.16. The van der Waals surface area contributed by atoms with Crippen LogP contribution in [0.5, 0.6) is 11.5 Å². The van der Waals surface area contributed by atoms with Crippen molar-refractivity contribution >= 4 is 11.9 Å². The maximum absolute atomic E-state index is 12.0. The molecule has 3 rings (SSSR count). The van der Waals surface area contributed by atoms with Crippen LogP contribution in [0.2, 0.25) is 0 Å². The van der Waals surface area contributed by atoms with E-state index in [1.54, 1.807) is 24.3 Å². The van der Waals surface area contributed by atoms with Crippen LogP contribution < -0.4 is 14.8 Å². The first-order valence-electron chi connectivity index (χ1n) is 8.84. The Hall–Kier alpha value is -3.48. The predicted molar refractivity (Wildman–Crippen MR) is 101 cm³/mol. The highest BCUT2D eigenvalue weighted by Gasteiger charge is 2.16. The van der Waals surface area contributed by atoms with E-state index in [2.05, 4.69) is 5.32 Å². The van der Waals surface area contributed by atoms with E-state index in [0.717, 1.165) is 12.0 Å². The summed E-state index contributed by atoms with van der Waals surface area (Å²) >= 11 is 0. The minimum Gasteiger partial charge on any atom is -0.493 e. The lowest BCUT2D eigenvalue weighted by atomic mass is 10.1. The molecule has 2 aromatic heterocycles. The lowest BCUT2D eigenvalue weighted by Gasteiger charge is -2.14. The molecule has 0 unspecified atom stereocenters. The van der Waals surface area contributed by atoms with Crippen molar-refractivity contribution in [1.82, 2.24) is 5.32 Å². The molecule has 0 fully saturated rings. The van der Waals surface area contributed by atoms with Gasteiger partial charge < -0.3 is 23.6 Å². The molecule has 0 aliphatic carbocycles. The van der Waals surface area contributed by atoms with E-state index in [1.807, 2.05) is 19.1 Å². The van der Waals surface area contributed by atoms with Gasteiger partial charge in [-0.05, 0) is 61.7 Å². The summed E-state index contributed by atoms with van der Waals surface area (Å²) in [5.41, 5.74) is 0.994. The van der Waals surface area contributed by atoms with E-state index in [0.29, 0.717) is 17.9 Å². The van der Waals surface area contributed by atoms with Crippen LogP contribution in [0.1, 0.15) is 40.0 Å². The molecule has 7 nitrogen and oxygen atoms in total. The number of nitrogens with one attached hydrogen (secondary N) is 1. The maximum Gasteiger partial charge on any atom is 0.379 e. The number of hydrogen-bond acceptors (Lipinski definition) is 6. The Morgan fingerprint density at radius 1 is 1.04 bits per heavy atom. The molecule has 1 aromatic carbocycles. The monoisotopic (exact) mass is 383 g/mol. The van der Waals surface area contributed by atoms with Crippen molar-refractivity contribution < 1.29 is 27.9 Å². The summed E-state index contributed by atoms with van der Waals surface area (Å²) in [7, 11) is 1.51. The average Bonchev–Trinajstić information content (AvgIpc) is 3.40. The van der Waals surface area contributed by atoms with E-state index < -0.39 is 5.97 Å². The third kappa shape index (κ3) is 4.82. The summed E-state index contributed by atoms with van der Waals surface area (Å²) < 4.78 is 20.8. The third-order valence-corrected chi connectivity index (χ3v) is 4.14. The van der Waals surface area contributed by atoms with Gasteiger partial charge in [-0.15, -0.1) is 0 Å². The Labute approximate surface area is 162 Å². The smallest absolute Gasteiger partial charge is 0.379 e. The van der Waals surface area contributed by atoms with Gasteiger partial charge in [-0.25, -0.2) is 4.79 Å². The molecule has 1 atom stereocenters. The summed E-state index contributed by atoms with van der Waals surface area (Å²) in [4.78, 5) is 24.0. The van der Waals surface area contributed by atoms with Crippen molar-refractivity contribution in [2.75, 3.05) is 7.11 Å². The predicted octanol–water partition coefficient (Wildman–Crippen LogP) is 3.85. The fraction of sp³-hybridized carbons (Fsp3) is 0.238.